The van der Waals surface area contributed by atoms with Gasteiger partial charge >= 0.3 is 18.3 Å². The number of benzene rings is 1. The highest BCUT2D eigenvalue weighted by atomic mass is 19.4. The van der Waals surface area contributed by atoms with E-state index in [2.05, 4.69) is 19.9 Å². The Labute approximate surface area is 225 Å². The predicted octanol–water partition coefficient (Wildman–Crippen LogP) is 3.00. The fourth-order valence-corrected chi connectivity index (χ4v) is 5.15. The first-order chi connectivity index (χ1) is 19.0. The summed E-state index contributed by atoms with van der Waals surface area (Å²) in [5.74, 6) is -2.79. The van der Waals surface area contributed by atoms with Gasteiger partial charge in [-0.05, 0) is 45.5 Å². The number of fused-ring (bicyclic) bond motifs is 1. The highest BCUT2D eigenvalue weighted by Crippen LogP contribution is 2.33. The molecule has 2 aliphatic heterocycles. The topological polar surface area (TPSA) is 117 Å². The van der Waals surface area contributed by atoms with Crippen LogP contribution in [-0.4, -0.2) is 92.4 Å². The summed E-state index contributed by atoms with van der Waals surface area (Å²) in [7, 11) is 1.94. The molecule has 15 heteroatoms. The third-order valence-electron chi connectivity index (χ3n) is 7.27. The molecule has 214 valence electrons. The van der Waals surface area contributed by atoms with Crippen molar-refractivity contribution in [2.24, 2.45) is 0 Å². The molecule has 2 saturated heterocycles. The van der Waals surface area contributed by atoms with E-state index < -0.39 is 52.2 Å². The first-order valence-corrected chi connectivity index (χ1v) is 12.7. The number of likely N-dealkylation sites (N-methyl/N-ethyl adjacent to an activating group) is 1. The molecule has 3 aromatic rings. The van der Waals surface area contributed by atoms with E-state index in [1.54, 1.807) is 11.8 Å². The maximum absolute atomic E-state index is 14.7. The van der Waals surface area contributed by atoms with E-state index in [1.807, 2.05) is 7.05 Å². The van der Waals surface area contributed by atoms with Gasteiger partial charge in [-0.25, -0.2) is 14.2 Å². The number of piperazine rings is 1. The van der Waals surface area contributed by atoms with E-state index >= 15 is 0 Å². The summed E-state index contributed by atoms with van der Waals surface area (Å²) in [6, 6.07) is 3.86. The molecule has 0 saturated carbocycles. The summed E-state index contributed by atoms with van der Waals surface area (Å²) in [6.07, 6.45) is -4.43. The number of hydrogen-bond donors (Lipinski definition) is 1. The summed E-state index contributed by atoms with van der Waals surface area (Å²) in [6.45, 7) is 2.90. The third-order valence-corrected chi connectivity index (χ3v) is 7.27. The quantitative estimate of drug-likeness (QED) is 0.466. The first-order valence-electron chi connectivity index (χ1n) is 12.7. The van der Waals surface area contributed by atoms with Gasteiger partial charge in [0.1, 0.15) is 17.9 Å². The molecule has 0 radical (unpaired) electrons. The number of ether oxygens (including phenoxy) is 1. The molecular formula is C25H27F4N7O4. The molecule has 0 unspecified atom stereocenters. The van der Waals surface area contributed by atoms with Crippen LogP contribution in [0.5, 0.6) is 6.01 Å². The highest BCUT2D eigenvalue weighted by Gasteiger charge is 2.40. The largest absolute Gasteiger partial charge is 0.465 e. The lowest BCUT2D eigenvalue weighted by molar-refractivity contribution is -0.146. The molecule has 0 bridgehead atoms. The maximum Gasteiger partial charge on any atom is 0.450 e. The second-order valence-corrected chi connectivity index (χ2v) is 9.91. The Morgan fingerprint density at radius 2 is 1.88 bits per heavy atom. The zero-order valence-electron chi connectivity index (χ0n) is 21.7. The van der Waals surface area contributed by atoms with Crippen molar-refractivity contribution in [3.63, 3.8) is 0 Å². The van der Waals surface area contributed by atoms with E-state index in [0.29, 0.717) is 0 Å². The second kappa shape index (κ2) is 10.5. The van der Waals surface area contributed by atoms with Crippen molar-refractivity contribution in [1.82, 2.24) is 29.3 Å². The predicted molar refractivity (Wildman–Crippen MR) is 135 cm³/mol. The zero-order valence-corrected chi connectivity index (χ0v) is 21.7. The van der Waals surface area contributed by atoms with E-state index in [9.17, 15) is 32.3 Å². The average molecular weight is 566 g/mol. The van der Waals surface area contributed by atoms with Crippen molar-refractivity contribution < 1.29 is 32.2 Å². The lowest BCUT2D eigenvalue weighted by Crippen LogP contribution is -2.53. The minimum Gasteiger partial charge on any atom is -0.465 e. The van der Waals surface area contributed by atoms with Crippen LogP contribution in [0.1, 0.15) is 25.6 Å². The van der Waals surface area contributed by atoms with Gasteiger partial charge in [-0.15, -0.1) is 0 Å². The van der Waals surface area contributed by atoms with E-state index in [4.69, 9.17) is 4.74 Å². The SMILES string of the molecule is C[C@H]1CN(C(=O)O)CCN1c1nc(OC[C@@H]2CCCN2C)nc2c(=O)n(-c3ccccc3F)c(C(F)(F)F)nc12. The molecule has 2 aromatic heterocycles. The Hall–Kier alpha value is -4.01. The highest BCUT2D eigenvalue weighted by molar-refractivity contribution is 5.86. The van der Waals surface area contributed by atoms with Crippen molar-refractivity contribution in [2.45, 2.75) is 38.0 Å². The first kappa shape index (κ1) is 27.6. The molecule has 1 amide bonds. The van der Waals surface area contributed by atoms with Crippen molar-refractivity contribution in [2.75, 3.05) is 44.7 Å². The van der Waals surface area contributed by atoms with Gasteiger partial charge in [-0.3, -0.25) is 9.36 Å². The van der Waals surface area contributed by atoms with Crippen LogP contribution in [0.15, 0.2) is 29.1 Å². The molecule has 2 fully saturated rings. The molecule has 1 N–H and O–H groups in total. The molecule has 5 rings (SSSR count). The van der Waals surface area contributed by atoms with Crippen molar-refractivity contribution in [3.05, 3.63) is 46.3 Å². The number of amides is 1. The van der Waals surface area contributed by atoms with E-state index in [0.717, 1.165) is 31.5 Å². The van der Waals surface area contributed by atoms with Crippen LogP contribution in [0, 0.1) is 5.82 Å². The monoisotopic (exact) mass is 565 g/mol. The Morgan fingerprint density at radius 1 is 1.12 bits per heavy atom. The summed E-state index contributed by atoms with van der Waals surface area (Å²) >= 11 is 0. The van der Waals surface area contributed by atoms with Gasteiger partial charge in [0.05, 0.1) is 5.69 Å². The van der Waals surface area contributed by atoms with Crippen LogP contribution in [0.25, 0.3) is 16.7 Å². The Kier molecular flexibility index (Phi) is 7.25. The smallest absolute Gasteiger partial charge is 0.450 e. The summed E-state index contributed by atoms with van der Waals surface area (Å²) in [5.41, 5.74) is -2.80. The van der Waals surface area contributed by atoms with Gasteiger partial charge in [0, 0.05) is 31.7 Å². The van der Waals surface area contributed by atoms with Crippen molar-refractivity contribution in [3.8, 4) is 11.7 Å². The Morgan fingerprint density at radius 3 is 2.50 bits per heavy atom. The number of anilines is 1. The van der Waals surface area contributed by atoms with Crippen molar-refractivity contribution in [1.29, 1.82) is 0 Å². The third kappa shape index (κ3) is 5.12. The molecule has 2 atom stereocenters. The maximum atomic E-state index is 14.7. The van der Waals surface area contributed by atoms with Gasteiger partial charge in [0.25, 0.3) is 5.56 Å². The van der Waals surface area contributed by atoms with Crippen LogP contribution in [0.4, 0.5) is 28.2 Å². The number of rotatable bonds is 5. The van der Waals surface area contributed by atoms with E-state index in [-0.39, 0.29) is 48.7 Å². The Bertz CT molecular complexity index is 1500. The molecule has 40 heavy (non-hydrogen) atoms. The van der Waals surface area contributed by atoms with Crippen LogP contribution in [0.2, 0.25) is 0 Å². The molecule has 2 aliphatic rings. The molecule has 0 aliphatic carbocycles. The normalized spacial score (nSPS) is 20.4. The summed E-state index contributed by atoms with van der Waals surface area (Å²) in [5, 5.41) is 9.39. The second-order valence-electron chi connectivity index (χ2n) is 9.91. The number of carboxylic acid groups (broad SMARTS) is 1. The Balaban J connectivity index is 1.71. The number of nitrogens with zero attached hydrogens (tertiary/aromatic N) is 7. The standard InChI is InChI=1S/C25H27F4N7O4/c1-14-12-34(24(38)39)10-11-35(14)20-18-19(31-23(32-20)40-13-15-6-5-9-33(15)2)21(37)36(22(30-18)25(27,28)29)17-8-4-3-7-16(17)26/h3-4,7-8,14-15H,5-6,9-13H2,1-2H3,(H,38,39)/t14-,15-/m0/s1. The number of para-hydroxylation sites is 1. The van der Waals surface area contributed by atoms with Gasteiger partial charge < -0.3 is 24.5 Å². The summed E-state index contributed by atoms with van der Waals surface area (Å²) in [4.78, 5) is 42.3. The number of likely N-dealkylation sites (tertiary alicyclic amines) is 1. The van der Waals surface area contributed by atoms with Gasteiger partial charge in [0.2, 0.25) is 5.82 Å². The number of carbonyl (C=O) groups is 1. The fraction of sp³-hybridized carbons (Fsp3) is 0.480. The zero-order chi connectivity index (χ0) is 28.8. The number of hydrogen-bond acceptors (Lipinski definition) is 8. The van der Waals surface area contributed by atoms with Gasteiger partial charge in [-0.1, -0.05) is 12.1 Å². The molecule has 4 heterocycles. The molecular weight excluding hydrogens is 538 g/mol. The number of alkyl halides is 3. The van der Waals surface area contributed by atoms with Crippen molar-refractivity contribution >= 4 is 22.9 Å². The van der Waals surface area contributed by atoms with E-state index in [1.165, 1.54) is 17.0 Å². The summed E-state index contributed by atoms with van der Waals surface area (Å²) < 4.78 is 63.5. The van der Waals surface area contributed by atoms with Crippen LogP contribution >= 0.6 is 0 Å². The fourth-order valence-electron chi connectivity index (χ4n) is 5.15. The number of aromatic nitrogens is 4. The average Bonchev–Trinajstić information content (AvgIpc) is 3.31. The van der Waals surface area contributed by atoms with Crippen LogP contribution in [0.3, 0.4) is 0 Å². The number of halogens is 4. The minimum absolute atomic E-state index is 0.0440. The van der Waals surface area contributed by atoms with Gasteiger partial charge in [0.15, 0.2) is 11.3 Å². The molecule has 11 nitrogen and oxygen atoms in total. The molecule has 1 aromatic carbocycles. The lowest BCUT2D eigenvalue weighted by atomic mass is 10.2. The van der Waals surface area contributed by atoms with Crippen LogP contribution in [-0.2, 0) is 6.18 Å². The van der Waals surface area contributed by atoms with Crippen LogP contribution < -0.4 is 15.2 Å². The lowest BCUT2D eigenvalue weighted by Gasteiger charge is -2.39. The van der Waals surface area contributed by atoms with Gasteiger partial charge in [-0.2, -0.15) is 23.1 Å². The molecule has 0 spiro atoms. The minimum atomic E-state index is -5.14.